The zero-order chi connectivity index (χ0) is 41.2. The molecule has 0 radical (unpaired) electrons. The summed E-state index contributed by atoms with van der Waals surface area (Å²) in [5.74, 6) is -1.04. The summed E-state index contributed by atoms with van der Waals surface area (Å²) >= 11 is 1.12. The molecule has 56 heavy (non-hydrogen) atoms. The Morgan fingerprint density at radius 3 is 2.38 bits per heavy atom. The summed E-state index contributed by atoms with van der Waals surface area (Å²) in [6.45, 7) is 2.59. The number of thioether (sulfide) groups is 1. The molecule has 0 aromatic carbocycles. The largest absolute Gasteiger partial charge is 0.481 e. The first kappa shape index (κ1) is 49.7. The summed E-state index contributed by atoms with van der Waals surface area (Å²) < 4.78 is 62.1. The van der Waals surface area contributed by atoms with Gasteiger partial charge in [-0.3, -0.25) is 32.5 Å². The predicted octanol–water partition coefficient (Wildman–Crippen LogP) is 0.407. The lowest BCUT2D eigenvalue weighted by Gasteiger charge is -2.30. The number of aliphatic hydroxyl groups is 2. The van der Waals surface area contributed by atoms with Crippen molar-refractivity contribution in [3.05, 3.63) is 12.7 Å². The lowest BCUT2D eigenvalue weighted by atomic mass is 9.87. The Morgan fingerprint density at radius 1 is 1.04 bits per heavy atom. The van der Waals surface area contributed by atoms with Crippen molar-refractivity contribution in [2.24, 2.45) is 5.41 Å². The number of aliphatic hydroxyl groups excluding tert-OH is 2. The highest BCUT2D eigenvalue weighted by Crippen LogP contribution is 2.61. The highest BCUT2D eigenvalue weighted by atomic mass is 32.2. The summed E-state index contributed by atoms with van der Waals surface area (Å²) in [6, 6.07) is 0. The van der Waals surface area contributed by atoms with Crippen LogP contribution in [0.2, 0.25) is 0 Å². The van der Waals surface area contributed by atoms with Crippen LogP contribution in [0.5, 0.6) is 0 Å². The summed E-state index contributed by atoms with van der Waals surface area (Å²) in [5, 5.41) is 26.4. The molecule has 13 N–H and O–H groups in total. The first-order valence-corrected chi connectivity index (χ1v) is 22.1. The molecule has 2 amide bonds. The van der Waals surface area contributed by atoms with E-state index in [1.807, 2.05) is 6.92 Å². The van der Waals surface area contributed by atoms with Crippen molar-refractivity contribution in [3.8, 4) is 0 Å². The maximum absolute atomic E-state index is 12.7. The van der Waals surface area contributed by atoms with Gasteiger partial charge < -0.3 is 57.0 Å². The topological polar surface area (TPSA) is 399 Å². The quantitative estimate of drug-likeness (QED) is 0.0533. The van der Waals surface area contributed by atoms with E-state index < -0.39 is 84.6 Å². The van der Waals surface area contributed by atoms with Crippen molar-refractivity contribution < 1.29 is 80.5 Å². The van der Waals surface area contributed by atoms with Gasteiger partial charge in [0.25, 0.3) is 0 Å². The number of aromatic nitrogens is 4. The van der Waals surface area contributed by atoms with Gasteiger partial charge in [-0.15, -0.1) is 0 Å². The number of imidazole rings is 1. The Bertz CT molecular complexity index is 1780. The summed E-state index contributed by atoms with van der Waals surface area (Å²) in [6.07, 6.45) is -3.63. The van der Waals surface area contributed by atoms with Gasteiger partial charge in [-0.05, 0) is 6.42 Å². The second-order valence-electron chi connectivity index (χ2n) is 12.7. The normalized spacial score (nSPS) is 21.4. The molecule has 7 atom stereocenters. The molecule has 3 heterocycles. The van der Waals surface area contributed by atoms with Crippen molar-refractivity contribution >= 4 is 69.1 Å². The summed E-state index contributed by atoms with van der Waals surface area (Å²) in [7, 11) is -16.4. The fourth-order valence-corrected chi connectivity index (χ4v) is 8.44. The fourth-order valence-electron chi connectivity index (χ4n) is 4.89. The van der Waals surface area contributed by atoms with Gasteiger partial charge in [-0.2, -0.15) is 4.31 Å². The zero-order valence-corrected chi connectivity index (χ0v) is 34.1. The molecule has 29 heteroatoms. The molecule has 0 aliphatic carbocycles. The third kappa shape index (κ3) is 15.4. The maximum Gasteiger partial charge on any atom is 0.481 e. The monoisotopic (exact) mass is 882 g/mol. The molecule has 2 aromatic heterocycles. The second-order valence-corrected chi connectivity index (χ2v) is 18.1. The number of nitrogens with zero attached hydrogens (tertiary/aromatic N) is 4. The van der Waals surface area contributed by atoms with Crippen LogP contribution in [0.1, 0.15) is 59.1 Å². The number of nitrogens with one attached hydrogen (secondary N) is 2. The van der Waals surface area contributed by atoms with E-state index in [1.165, 1.54) is 13.8 Å². The van der Waals surface area contributed by atoms with E-state index in [2.05, 4.69) is 34.4 Å². The number of ether oxygens (including phenoxy) is 1. The van der Waals surface area contributed by atoms with Gasteiger partial charge >= 0.3 is 23.5 Å². The van der Waals surface area contributed by atoms with Gasteiger partial charge in [-0.25, -0.2) is 28.6 Å². The predicted molar refractivity (Wildman–Crippen MR) is 196 cm³/mol. The lowest BCUT2D eigenvalue weighted by molar-refractivity contribution is -0.137. The van der Waals surface area contributed by atoms with E-state index in [0.717, 1.165) is 48.2 Å². The standard InChI is InChI=1S/C27H46N7O17P3S.H3N/c1-4-5-6-7-18(36)55-11-10-29-17(35)8-9-30-25(39)22(38)27(2,3)13-48-54(45,46)51-53(43,44)47-12-16-21(50-52(40,41)42)20(37)26(49-16)34-15-33-19-23(28)31-14-32-24(19)34;/h14-16,20-22,26,37-38H,4-13H2,1-3H3,(H,29,35)(H,30,39)(H,43,44)(H,45,46)(H2,28,31,32)(H2,40,41,42);1H3/t16-,20-,21-,22+,26-;/m1./s1. The SMILES string of the molecule is CCCCCC(=O)SCCNC(=O)CCNC(=O)[C@H](O)C(C)(C)COP(=O)(O)OP(=O)(O)OC[C@H]1O[C@@H](n2cnc3c(N)ncnc32)[C@H](O)[C@@H]1OP(=O)(O)O.N. The molecule has 3 rings (SSSR count). The lowest BCUT2D eigenvalue weighted by Crippen LogP contribution is -2.46. The Morgan fingerprint density at radius 2 is 1.71 bits per heavy atom. The number of carbonyl (C=O) groups excluding carboxylic acids is 3. The fraction of sp³-hybridized carbons (Fsp3) is 0.704. The second kappa shape index (κ2) is 21.5. The average Bonchev–Trinajstić information content (AvgIpc) is 3.64. The molecule has 0 spiro atoms. The van der Waals surface area contributed by atoms with E-state index in [4.69, 9.17) is 19.5 Å². The number of anilines is 1. The van der Waals surface area contributed by atoms with Gasteiger partial charge in [0.1, 0.15) is 36.3 Å². The van der Waals surface area contributed by atoms with Crippen LogP contribution < -0.4 is 22.5 Å². The number of unbranched alkanes of at least 4 members (excludes halogenated alkanes) is 2. The Kier molecular flexibility index (Phi) is 19.1. The number of phosphoric ester groups is 3. The van der Waals surface area contributed by atoms with E-state index in [1.54, 1.807) is 0 Å². The van der Waals surface area contributed by atoms with E-state index in [0.29, 0.717) is 12.2 Å². The molecule has 0 saturated carbocycles. The highest BCUT2D eigenvalue weighted by molar-refractivity contribution is 8.13. The molecule has 1 aliphatic heterocycles. The van der Waals surface area contributed by atoms with Gasteiger partial charge in [-0.1, -0.05) is 45.4 Å². The van der Waals surface area contributed by atoms with Gasteiger partial charge in [0.15, 0.2) is 22.8 Å². The summed E-state index contributed by atoms with van der Waals surface area (Å²) in [4.78, 5) is 87.3. The molecule has 320 valence electrons. The van der Waals surface area contributed by atoms with Crippen molar-refractivity contribution in [2.75, 3.05) is 37.8 Å². The first-order valence-electron chi connectivity index (χ1n) is 16.6. The third-order valence-electron chi connectivity index (χ3n) is 7.75. The van der Waals surface area contributed by atoms with Crippen molar-refractivity contribution in [2.45, 2.75) is 83.5 Å². The summed E-state index contributed by atoms with van der Waals surface area (Å²) in [5.41, 5.74) is 4.27. The minimum absolute atomic E-state index is 0. The van der Waals surface area contributed by atoms with Crippen LogP contribution in [0.3, 0.4) is 0 Å². The molecule has 0 bridgehead atoms. The third-order valence-corrected chi connectivity index (χ3v) is 11.8. The number of hydrogen-bond acceptors (Lipinski definition) is 19. The van der Waals surface area contributed by atoms with Gasteiger partial charge in [0.05, 0.1) is 19.5 Å². The van der Waals surface area contributed by atoms with Crippen LogP contribution in [0.4, 0.5) is 5.82 Å². The number of nitrogens with two attached hydrogens (primary N) is 1. The van der Waals surface area contributed by atoms with Crippen LogP contribution >= 0.6 is 35.2 Å². The highest BCUT2D eigenvalue weighted by Gasteiger charge is 2.50. The Balaban J connectivity index is 0.0000108. The van der Waals surface area contributed by atoms with Crippen LogP contribution in [0, 0.1) is 5.41 Å². The molecular weight excluding hydrogens is 833 g/mol. The number of nitrogen functional groups attached to an aromatic ring is 1. The Labute approximate surface area is 324 Å². The Hall–Kier alpha value is -2.48. The number of hydrogen-bond donors (Lipinski definition) is 10. The van der Waals surface area contributed by atoms with Crippen molar-refractivity contribution in [1.82, 2.24) is 36.3 Å². The average molecular weight is 883 g/mol. The molecule has 1 saturated heterocycles. The number of amides is 2. The minimum Gasteiger partial charge on any atom is -0.386 e. The molecule has 2 aromatic rings. The van der Waals surface area contributed by atoms with Crippen molar-refractivity contribution in [3.63, 3.8) is 0 Å². The molecule has 2 unspecified atom stereocenters. The number of rotatable bonds is 23. The van der Waals surface area contributed by atoms with Gasteiger partial charge in [0, 0.05) is 37.1 Å². The van der Waals surface area contributed by atoms with Crippen molar-refractivity contribution in [1.29, 1.82) is 0 Å². The van der Waals surface area contributed by atoms with Crippen LogP contribution in [-0.2, 0) is 50.7 Å². The first-order chi connectivity index (χ1) is 25.6. The number of fused-ring (bicyclic) bond motifs is 1. The van der Waals surface area contributed by atoms with Gasteiger partial charge in [0.2, 0.25) is 11.8 Å². The molecule has 1 aliphatic rings. The minimum atomic E-state index is -5.56. The molecule has 1 fully saturated rings. The van der Waals surface area contributed by atoms with Crippen LogP contribution in [0.15, 0.2) is 12.7 Å². The number of phosphoric acid groups is 3. The molecular formula is C27H49N8O17P3S. The zero-order valence-electron chi connectivity index (χ0n) is 30.6. The van der Waals surface area contributed by atoms with Crippen LogP contribution in [0.25, 0.3) is 11.2 Å². The smallest absolute Gasteiger partial charge is 0.386 e. The number of carbonyl (C=O) groups is 3. The van der Waals surface area contributed by atoms with E-state index in [-0.39, 0.29) is 47.8 Å². The molecule has 25 nitrogen and oxygen atoms in total. The van der Waals surface area contributed by atoms with Crippen LogP contribution in [-0.4, -0.2) is 123 Å². The maximum atomic E-state index is 12.7. The van der Waals surface area contributed by atoms with E-state index >= 15 is 0 Å². The van der Waals surface area contributed by atoms with E-state index in [9.17, 15) is 57.9 Å².